The zero-order valence-electron chi connectivity index (χ0n) is 17.8. The molecule has 32 heavy (non-hydrogen) atoms. The van der Waals surface area contributed by atoms with Gasteiger partial charge in [0.15, 0.2) is 5.69 Å². The molecule has 0 saturated heterocycles. The number of carbonyl (C=O) groups is 1. The van der Waals surface area contributed by atoms with Gasteiger partial charge in [-0.25, -0.2) is 9.48 Å². The van der Waals surface area contributed by atoms with E-state index in [9.17, 15) is 4.79 Å². The number of hydrogen-bond donors (Lipinski definition) is 0. The number of ether oxygens (including phenoxy) is 2. The number of benzene rings is 3. The van der Waals surface area contributed by atoms with Crippen molar-refractivity contribution >= 4 is 17.6 Å². The van der Waals surface area contributed by atoms with Crippen LogP contribution < -0.4 is 4.74 Å². The van der Waals surface area contributed by atoms with Gasteiger partial charge in [-0.1, -0.05) is 65.3 Å². The lowest BCUT2D eigenvalue weighted by Crippen LogP contribution is -2.09. The molecule has 0 radical (unpaired) electrons. The van der Waals surface area contributed by atoms with Gasteiger partial charge in [-0.2, -0.15) is 0 Å². The highest BCUT2D eigenvalue weighted by Gasteiger charge is 2.22. The summed E-state index contributed by atoms with van der Waals surface area (Å²) in [5.74, 6) is 0.280. The normalized spacial score (nSPS) is 10.7. The van der Waals surface area contributed by atoms with E-state index in [-0.39, 0.29) is 12.3 Å². The highest BCUT2D eigenvalue weighted by Crippen LogP contribution is 2.28. The van der Waals surface area contributed by atoms with Gasteiger partial charge in [0.25, 0.3) is 0 Å². The van der Waals surface area contributed by atoms with Gasteiger partial charge in [0.05, 0.1) is 20.3 Å². The van der Waals surface area contributed by atoms with E-state index in [2.05, 4.69) is 10.3 Å². The minimum atomic E-state index is -0.495. The van der Waals surface area contributed by atoms with E-state index in [0.717, 1.165) is 28.0 Å². The summed E-state index contributed by atoms with van der Waals surface area (Å²) in [6, 6.07) is 23.2. The highest BCUT2D eigenvalue weighted by molar-refractivity contribution is 6.30. The molecule has 162 valence electrons. The third-order valence-electron chi connectivity index (χ3n) is 5.03. The molecule has 0 fully saturated rings. The Hall–Kier alpha value is -3.64. The van der Waals surface area contributed by atoms with Gasteiger partial charge in [0.1, 0.15) is 11.4 Å². The lowest BCUT2D eigenvalue weighted by atomic mass is 10.0. The van der Waals surface area contributed by atoms with Crippen LogP contribution in [0.2, 0.25) is 5.02 Å². The second-order valence-electron chi connectivity index (χ2n) is 7.10. The highest BCUT2D eigenvalue weighted by atomic mass is 35.5. The zero-order valence-corrected chi connectivity index (χ0v) is 18.5. The Morgan fingerprint density at radius 3 is 2.09 bits per heavy atom. The molecule has 0 amide bonds. The zero-order chi connectivity index (χ0) is 22.5. The standard InChI is InChI=1S/C25H22ClN3O3/c1-3-32-25(30)23-24(29(28-27-23)16-17-4-14-22(31-2)15-5-17)20-8-6-18(7-9-20)19-10-12-21(26)13-11-19/h4-15H,3,16H2,1-2H3. The number of carbonyl (C=O) groups excluding carboxylic acids is 1. The lowest BCUT2D eigenvalue weighted by molar-refractivity contribution is 0.0520. The van der Waals surface area contributed by atoms with Crippen LogP contribution in [0.1, 0.15) is 23.0 Å². The topological polar surface area (TPSA) is 66.2 Å². The summed E-state index contributed by atoms with van der Waals surface area (Å²) < 4.78 is 12.1. The quantitative estimate of drug-likeness (QED) is 0.350. The predicted molar refractivity (Wildman–Crippen MR) is 124 cm³/mol. The first-order valence-corrected chi connectivity index (χ1v) is 10.6. The van der Waals surface area contributed by atoms with Crippen LogP contribution in [0.25, 0.3) is 22.4 Å². The monoisotopic (exact) mass is 447 g/mol. The molecule has 3 aromatic carbocycles. The minimum Gasteiger partial charge on any atom is -0.497 e. The van der Waals surface area contributed by atoms with Crippen molar-refractivity contribution in [1.82, 2.24) is 15.0 Å². The summed E-state index contributed by atoms with van der Waals surface area (Å²) in [5, 5.41) is 9.07. The number of rotatable bonds is 7. The molecule has 0 aliphatic rings. The van der Waals surface area contributed by atoms with Gasteiger partial charge < -0.3 is 9.47 Å². The first-order valence-electron chi connectivity index (χ1n) is 10.2. The largest absolute Gasteiger partial charge is 0.497 e. The van der Waals surface area contributed by atoms with Crippen LogP contribution in [0.5, 0.6) is 5.75 Å². The number of halogens is 1. The average Bonchev–Trinajstić information content (AvgIpc) is 3.24. The smallest absolute Gasteiger partial charge is 0.361 e. The number of nitrogens with zero attached hydrogens (tertiary/aromatic N) is 3. The Bertz CT molecular complexity index is 1200. The summed E-state index contributed by atoms with van der Waals surface area (Å²) in [7, 11) is 1.63. The maximum atomic E-state index is 12.5. The van der Waals surface area contributed by atoms with E-state index in [1.54, 1.807) is 18.7 Å². The van der Waals surface area contributed by atoms with E-state index < -0.39 is 5.97 Å². The van der Waals surface area contributed by atoms with Gasteiger partial charge in [0.2, 0.25) is 0 Å². The molecule has 1 heterocycles. The fourth-order valence-corrected chi connectivity index (χ4v) is 3.54. The van der Waals surface area contributed by atoms with E-state index in [1.165, 1.54) is 0 Å². The Morgan fingerprint density at radius 2 is 1.50 bits per heavy atom. The van der Waals surface area contributed by atoms with Crippen molar-refractivity contribution in [2.45, 2.75) is 13.5 Å². The Balaban J connectivity index is 1.70. The SMILES string of the molecule is CCOC(=O)c1nnn(Cc2ccc(OC)cc2)c1-c1ccc(-c2ccc(Cl)cc2)cc1. The van der Waals surface area contributed by atoms with Gasteiger partial charge in [0, 0.05) is 10.6 Å². The van der Waals surface area contributed by atoms with Crippen LogP contribution in [-0.2, 0) is 11.3 Å². The molecule has 0 aliphatic heterocycles. The molecular formula is C25H22ClN3O3. The van der Waals surface area contributed by atoms with Crippen LogP contribution in [-0.4, -0.2) is 34.7 Å². The number of aromatic nitrogens is 3. The summed E-state index contributed by atoms with van der Waals surface area (Å²) in [4.78, 5) is 12.5. The van der Waals surface area contributed by atoms with Gasteiger partial charge >= 0.3 is 5.97 Å². The summed E-state index contributed by atoms with van der Waals surface area (Å²) in [5.41, 5.74) is 4.73. The number of esters is 1. The van der Waals surface area contributed by atoms with E-state index in [0.29, 0.717) is 17.3 Å². The summed E-state index contributed by atoms with van der Waals surface area (Å²) >= 11 is 6.00. The Kier molecular flexibility index (Phi) is 6.52. The van der Waals surface area contributed by atoms with Crippen molar-refractivity contribution in [2.24, 2.45) is 0 Å². The molecule has 0 N–H and O–H groups in total. The third kappa shape index (κ3) is 4.65. The molecule has 7 heteroatoms. The van der Waals surface area contributed by atoms with E-state index >= 15 is 0 Å². The van der Waals surface area contributed by atoms with Gasteiger partial charge in [-0.3, -0.25) is 0 Å². The van der Waals surface area contributed by atoms with Crippen LogP contribution in [0, 0.1) is 0 Å². The van der Waals surface area contributed by atoms with Crippen molar-refractivity contribution < 1.29 is 14.3 Å². The predicted octanol–water partition coefficient (Wildman–Crippen LogP) is 5.50. The number of methoxy groups -OCH3 is 1. The van der Waals surface area contributed by atoms with Crippen molar-refractivity contribution in [3.8, 4) is 28.1 Å². The summed E-state index contributed by atoms with van der Waals surface area (Å²) in [6.45, 7) is 2.48. The van der Waals surface area contributed by atoms with E-state index in [1.807, 2.05) is 72.8 Å². The molecule has 0 spiro atoms. The van der Waals surface area contributed by atoms with Crippen LogP contribution >= 0.6 is 11.6 Å². The third-order valence-corrected chi connectivity index (χ3v) is 5.28. The Labute approximate surface area is 191 Å². The second-order valence-corrected chi connectivity index (χ2v) is 7.53. The summed E-state index contributed by atoms with van der Waals surface area (Å²) in [6.07, 6.45) is 0. The fourth-order valence-electron chi connectivity index (χ4n) is 3.41. The van der Waals surface area contributed by atoms with Crippen LogP contribution in [0.15, 0.2) is 72.8 Å². The molecule has 0 atom stereocenters. The maximum absolute atomic E-state index is 12.5. The van der Waals surface area contributed by atoms with Crippen molar-refractivity contribution in [1.29, 1.82) is 0 Å². The molecule has 4 rings (SSSR count). The van der Waals surface area contributed by atoms with Gasteiger partial charge in [-0.05, 0) is 47.9 Å². The van der Waals surface area contributed by atoms with Crippen molar-refractivity contribution in [3.05, 3.63) is 89.1 Å². The molecule has 0 bridgehead atoms. The minimum absolute atomic E-state index is 0.194. The molecule has 6 nitrogen and oxygen atoms in total. The second kappa shape index (κ2) is 9.66. The fraction of sp³-hybridized carbons (Fsp3) is 0.160. The van der Waals surface area contributed by atoms with Gasteiger partial charge in [-0.15, -0.1) is 5.10 Å². The molecule has 0 aliphatic carbocycles. The van der Waals surface area contributed by atoms with Crippen LogP contribution in [0.4, 0.5) is 0 Å². The first kappa shape index (κ1) is 21.6. The first-order chi connectivity index (χ1) is 15.6. The molecule has 0 unspecified atom stereocenters. The number of hydrogen-bond acceptors (Lipinski definition) is 5. The van der Waals surface area contributed by atoms with Crippen LogP contribution in [0.3, 0.4) is 0 Å². The van der Waals surface area contributed by atoms with Crippen molar-refractivity contribution in [2.75, 3.05) is 13.7 Å². The van der Waals surface area contributed by atoms with Crippen molar-refractivity contribution in [3.63, 3.8) is 0 Å². The molecule has 0 saturated carbocycles. The lowest BCUT2D eigenvalue weighted by Gasteiger charge is -2.10. The Morgan fingerprint density at radius 1 is 0.906 bits per heavy atom. The average molecular weight is 448 g/mol. The molecule has 4 aromatic rings. The molecular weight excluding hydrogens is 426 g/mol. The van der Waals surface area contributed by atoms with E-state index in [4.69, 9.17) is 21.1 Å². The maximum Gasteiger partial charge on any atom is 0.361 e. The molecule has 1 aromatic heterocycles.